The van der Waals surface area contributed by atoms with Crippen LogP contribution in [0, 0.1) is 0 Å². The highest BCUT2D eigenvalue weighted by atomic mass is 32.2. The van der Waals surface area contributed by atoms with Gasteiger partial charge in [-0.3, -0.25) is 4.55 Å². The van der Waals surface area contributed by atoms with E-state index >= 15 is 0 Å². The molecule has 1 N–H and O–H groups in total. The molecule has 4 aromatic rings. The van der Waals surface area contributed by atoms with Crippen LogP contribution < -0.4 is 0 Å². The highest BCUT2D eigenvalue weighted by Gasteiger charge is 2.25. The van der Waals surface area contributed by atoms with Crippen LogP contribution in [0.5, 0.6) is 0 Å². The second kappa shape index (κ2) is 5.80. The van der Waals surface area contributed by atoms with E-state index in [0.29, 0.717) is 22.3 Å². The number of rotatable bonds is 4. The van der Waals surface area contributed by atoms with Gasteiger partial charge in [-0.15, -0.1) is 0 Å². The summed E-state index contributed by atoms with van der Waals surface area (Å²) in [4.78, 5) is -0.206. The van der Waals surface area contributed by atoms with Crippen LogP contribution in [0.3, 0.4) is 0 Å². The molecule has 0 unspecified atom stereocenters. The molecule has 25 heavy (non-hydrogen) atoms. The van der Waals surface area contributed by atoms with Crippen molar-refractivity contribution in [3.8, 4) is 33.4 Å². The molecular weight excluding hydrogens is 344 g/mol. The largest absolute Gasteiger partial charge is 0.472 e. The van der Waals surface area contributed by atoms with Crippen LogP contribution in [0.1, 0.15) is 0 Å². The van der Waals surface area contributed by atoms with Gasteiger partial charge >= 0.3 is 0 Å². The first-order valence-corrected chi connectivity index (χ1v) is 8.71. The summed E-state index contributed by atoms with van der Waals surface area (Å²) < 4.78 is 49.4. The van der Waals surface area contributed by atoms with Crippen LogP contribution in [0.15, 0.2) is 86.1 Å². The summed E-state index contributed by atoms with van der Waals surface area (Å²) in [5.74, 6) is 0. The van der Waals surface area contributed by atoms with Gasteiger partial charge < -0.3 is 13.3 Å². The molecule has 0 atom stereocenters. The average molecular weight is 356 g/mol. The zero-order chi connectivity index (χ0) is 17.4. The number of furan rings is 3. The highest BCUT2D eigenvalue weighted by molar-refractivity contribution is 7.86. The summed E-state index contributed by atoms with van der Waals surface area (Å²) in [5, 5.41) is 0. The summed E-state index contributed by atoms with van der Waals surface area (Å²) in [6.07, 6.45) is 8.79. The van der Waals surface area contributed by atoms with Gasteiger partial charge in [-0.1, -0.05) is 0 Å². The first kappa shape index (κ1) is 15.5. The van der Waals surface area contributed by atoms with Crippen molar-refractivity contribution in [1.82, 2.24) is 0 Å². The molecule has 0 bridgehead atoms. The lowest BCUT2D eigenvalue weighted by molar-refractivity contribution is 0.484. The number of hydrogen-bond donors (Lipinski definition) is 1. The van der Waals surface area contributed by atoms with Crippen molar-refractivity contribution in [1.29, 1.82) is 0 Å². The Kier molecular flexibility index (Phi) is 3.60. The second-order valence-corrected chi connectivity index (χ2v) is 6.77. The first-order valence-electron chi connectivity index (χ1n) is 7.27. The van der Waals surface area contributed by atoms with Gasteiger partial charge in [0.1, 0.15) is 4.90 Å². The lowest BCUT2D eigenvalue weighted by Crippen LogP contribution is -2.04. The van der Waals surface area contributed by atoms with Gasteiger partial charge in [0.15, 0.2) is 0 Å². The fourth-order valence-corrected chi connectivity index (χ4v) is 3.68. The molecule has 126 valence electrons. The zero-order valence-corrected chi connectivity index (χ0v) is 13.6. The molecule has 0 saturated carbocycles. The topological polar surface area (TPSA) is 93.8 Å². The minimum absolute atomic E-state index is 0.206. The van der Waals surface area contributed by atoms with Crippen molar-refractivity contribution in [2.45, 2.75) is 4.90 Å². The van der Waals surface area contributed by atoms with E-state index in [2.05, 4.69) is 0 Å². The maximum absolute atomic E-state index is 12.1. The Labute approximate surface area is 143 Å². The van der Waals surface area contributed by atoms with Gasteiger partial charge in [-0.25, -0.2) is 0 Å². The third kappa shape index (κ3) is 2.79. The van der Waals surface area contributed by atoms with Crippen molar-refractivity contribution in [3.63, 3.8) is 0 Å². The van der Waals surface area contributed by atoms with E-state index in [1.54, 1.807) is 36.6 Å². The molecule has 4 rings (SSSR count). The zero-order valence-electron chi connectivity index (χ0n) is 12.7. The SMILES string of the molecule is O=S(=O)(O)c1c(-c2ccoc2)cc(-c2ccoc2)cc1-c1ccoc1. The quantitative estimate of drug-likeness (QED) is 0.532. The summed E-state index contributed by atoms with van der Waals surface area (Å²) in [6.45, 7) is 0. The monoisotopic (exact) mass is 356 g/mol. The minimum atomic E-state index is -4.51. The van der Waals surface area contributed by atoms with Crippen LogP contribution in [-0.2, 0) is 10.1 Å². The van der Waals surface area contributed by atoms with Gasteiger partial charge in [0.2, 0.25) is 0 Å². The standard InChI is InChI=1S/C18H12O6S/c19-25(20,21)18-16(13-2-5-23-10-13)7-15(12-1-4-22-9-12)8-17(18)14-3-6-24-11-14/h1-11H,(H,19,20,21). The molecule has 0 aliphatic rings. The minimum Gasteiger partial charge on any atom is -0.472 e. The molecular formula is C18H12O6S. The molecule has 0 radical (unpaired) electrons. The molecule has 0 fully saturated rings. The molecule has 0 aliphatic carbocycles. The predicted octanol–water partition coefficient (Wildman–Crippen LogP) is 4.71. The molecule has 7 heteroatoms. The Balaban J connectivity index is 2.11. The van der Waals surface area contributed by atoms with E-state index in [0.717, 1.165) is 11.1 Å². The summed E-state index contributed by atoms with van der Waals surface area (Å²) in [7, 11) is -4.51. The van der Waals surface area contributed by atoms with E-state index in [1.807, 2.05) is 0 Å². The highest BCUT2D eigenvalue weighted by Crippen LogP contribution is 2.40. The van der Waals surface area contributed by atoms with Crippen molar-refractivity contribution in [2.75, 3.05) is 0 Å². The molecule has 0 saturated heterocycles. The van der Waals surface area contributed by atoms with E-state index in [1.165, 1.54) is 31.3 Å². The summed E-state index contributed by atoms with van der Waals surface area (Å²) in [5.41, 5.74) is 3.22. The summed E-state index contributed by atoms with van der Waals surface area (Å²) in [6, 6.07) is 8.36. The third-order valence-electron chi connectivity index (χ3n) is 3.87. The van der Waals surface area contributed by atoms with Gasteiger partial charge in [0, 0.05) is 27.8 Å². The van der Waals surface area contributed by atoms with Gasteiger partial charge in [0.05, 0.1) is 37.6 Å². The Hall–Kier alpha value is -3.03. The second-order valence-electron chi connectivity index (χ2n) is 5.41. The van der Waals surface area contributed by atoms with Crippen LogP contribution in [0.4, 0.5) is 0 Å². The Morgan fingerprint density at radius 1 is 0.680 bits per heavy atom. The molecule has 3 heterocycles. The van der Waals surface area contributed by atoms with Crippen molar-refractivity contribution < 1.29 is 26.2 Å². The van der Waals surface area contributed by atoms with E-state index in [9.17, 15) is 13.0 Å². The smallest absolute Gasteiger partial charge is 0.295 e. The summed E-state index contributed by atoms with van der Waals surface area (Å²) >= 11 is 0. The first-order chi connectivity index (χ1) is 12.0. The van der Waals surface area contributed by atoms with E-state index in [4.69, 9.17) is 13.3 Å². The van der Waals surface area contributed by atoms with Crippen molar-refractivity contribution in [2.24, 2.45) is 0 Å². The number of benzene rings is 1. The van der Waals surface area contributed by atoms with Crippen molar-refractivity contribution in [3.05, 3.63) is 67.9 Å². The molecule has 1 aromatic carbocycles. The average Bonchev–Trinajstić information content (AvgIpc) is 3.36. The molecule has 0 amide bonds. The van der Waals surface area contributed by atoms with Crippen molar-refractivity contribution >= 4 is 10.1 Å². The third-order valence-corrected chi connectivity index (χ3v) is 4.82. The fourth-order valence-electron chi connectivity index (χ4n) is 2.77. The fraction of sp³-hybridized carbons (Fsp3) is 0. The Morgan fingerprint density at radius 2 is 1.12 bits per heavy atom. The molecule has 0 aliphatic heterocycles. The van der Waals surface area contributed by atoms with Crippen LogP contribution in [-0.4, -0.2) is 13.0 Å². The molecule has 0 spiro atoms. The van der Waals surface area contributed by atoms with Gasteiger partial charge in [-0.2, -0.15) is 8.42 Å². The lowest BCUT2D eigenvalue weighted by Gasteiger charge is -2.13. The maximum Gasteiger partial charge on any atom is 0.295 e. The van der Waals surface area contributed by atoms with E-state index < -0.39 is 10.1 Å². The van der Waals surface area contributed by atoms with E-state index in [-0.39, 0.29) is 4.90 Å². The predicted molar refractivity (Wildman–Crippen MR) is 89.4 cm³/mol. The van der Waals surface area contributed by atoms with Crippen LogP contribution in [0.25, 0.3) is 33.4 Å². The van der Waals surface area contributed by atoms with Gasteiger partial charge in [0.25, 0.3) is 10.1 Å². The van der Waals surface area contributed by atoms with Crippen LogP contribution >= 0.6 is 0 Å². The molecule has 6 nitrogen and oxygen atoms in total. The Bertz CT molecular complexity index is 1030. The Morgan fingerprint density at radius 3 is 1.48 bits per heavy atom. The molecule has 3 aromatic heterocycles. The maximum atomic E-state index is 12.1. The van der Waals surface area contributed by atoms with Crippen LogP contribution in [0.2, 0.25) is 0 Å². The van der Waals surface area contributed by atoms with Gasteiger partial charge in [-0.05, 0) is 35.9 Å². The number of hydrogen-bond acceptors (Lipinski definition) is 5. The lowest BCUT2D eigenvalue weighted by atomic mass is 9.96. The normalized spacial score (nSPS) is 11.7.